The van der Waals surface area contributed by atoms with Crippen LogP contribution in [0.5, 0.6) is 0 Å². The predicted octanol–water partition coefficient (Wildman–Crippen LogP) is 5.34. The van der Waals surface area contributed by atoms with Gasteiger partial charge in [-0.3, -0.25) is 4.79 Å². The zero-order valence-electron chi connectivity index (χ0n) is 17.6. The molecule has 4 aromatic rings. The van der Waals surface area contributed by atoms with Crippen LogP contribution in [0.2, 0.25) is 0 Å². The summed E-state index contributed by atoms with van der Waals surface area (Å²) in [5.41, 5.74) is 4.53. The molecule has 164 valence electrons. The molecule has 0 fully saturated rings. The van der Waals surface area contributed by atoms with Crippen molar-refractivity contribution in [3.63, 3.8) is 0 Å². The Morgan fingerprint density at radius 2 is 1.79 bits per heavy atom. The van der Waals surface area contributed by atoms with Gasteiger partial charge in [-0.25, -0.2) is 14.2 Å². The SMILES string of the molecule is Cc1cccc(NC(=O)Nc2ccc(-c3ccc(-c4ncco4)c4c3CNC4=O)c(F)c2)c1. The number of aromatic nitrogens is 1. The van der Waals surface area contributed by atoms with E-state index >= 15 is 4.39 Å². The fourth-order valence-electron chi connectivity index (χ4n) is 3.96. The molecule has 33 heavy (non-hydrogen) atoms. The van der Waals surface area contributed by atoms with E-state index < -0.39 is 11.8 Å². The molecule has 8 heteroatoms. The zero-order valence-corrected chi connectivity index (χ0v) is 17.6. The molecule has 3 amide bonds. The smallest absolute Gasteiger partial charge is 0.323 e. The van der Waals surface area contributed by atoms with Crippen LogP contribution in [0.15, 0.2) is 71.5 Å². The number of nitrogens with one attached hydrogen (secondary N) is 3. The monoisotopic (exact) mass is 442 g/mol. The Hall–Kier alpha value is -4.46. The van der Waals surface area contributed by atoms with E-state index in [0.29, 0.717) is 45.1 Å². The van der Waals surface area contributed by atoms with Gasteiger partial charge in [0.15, 0.2) is 0 Å². The van der Waals surface area contributed by atoms with Gasteiger partial charge in [0.2, 0.25) is 5.89 Å². The van der Waals surface area contributed by atoms with Crippen LogP contribution in [-0.4, -0.2) is 16.9 Å². The molecule has 0 spiro atoms. The number of oxazole rings is 1. The van der Waals surface area contributed by atoms with Crippen molar-refractivity contribution in [2.45, 2.75) is 13.5 Å². The van der Waals surface area contributed by atoms with Gasteiger partial charge in [-0.2, -0.15) is 0 Å². The molecule has 3 aromatic carbocycles. The van der Waals surface area contributed by atoms with Gasteiger partial charge >= 0.3 is 6.03 Å². The second-order valence-electron chi connectivity index (χ2n) is 7.68. The first-order chi connectivity index (χ1) is 16.0. The maximum Gasteiger partial charge on any atom is 0.323 e. The number of rotatable bonds is 4. The maximum atomic E-state index is 15.1. The lowest BCUT2D eigenvalue weighted by Crippen LogP contribution is -2.19. The van der Waals surface area contributed by atoms with Crippen LogP contribution in [0.25, 0.3) is 22.6 Å². The minimum atomic E-state index is -0.520. The quantitative estimate of drug-likeness (QED) is 0.397. The second kappa shape index (κ2) is 8.23. The van der Waals surface area contributed by atoms with Crippen molar-refractivity contribution in [1.29, 1.82) is 0 Å². The number of halogens is 1. The summed E-state index contributed by atoms with van der Waals surface area (Å²) >= 11 is 0. The third-order valence-electron chi connectivity index (χ3n) is 5.42. The lowest BCUT2D eigenvalue weighted by molar-refractivity contribution is 0.0966. The Morgan fingerprint density at radius 3 is 2.52 bits per heavy atom. The minimum absolute atomic E-state index is 0.258. The summed E-state index contributed by atoms with van der Waals surface area (Å²) in [6, 6.07) is 14.8. The normalized spacial score (nSPS) is 12.2. The van der Waals surface area contributed by atoms with Crippen molar-refractivity contribution in [2.75, 3.05) is 10.6 Å². The molecule has 1 aromatic heterocycles. The van der Waals surface area contributed by atoms with Gasteiger partial charge in [-0.05, 0) is 60.0 Å². The number of anilines is 2. The lowest BCUT2D eigenvalue weighted by atomic mass is 9.93. The Kier molecular flexibility index (Phi) is 5.10. The number of amides is 3. The van der Waals surface area contributed by atoms with Crippen molar-refractivity contribution in [3.05, 3.63) is 89.6 Å². The van der Waals surface area contributed by atoms with Crippen molar-refractivity contribution in [3.8, 4) is 22.6 Å². The van der Waals surface area contributed by atoms with Crippen LogP contribution >= 0.6 is 0 Å². The van der Waals surface area contributed by atoms with Crippen LogP contribution < -0.4 is 16.0 Å². The number of benzene rings is 3. The molecule has 0 saturated heterocycles. The van der Waals surface area contributed by atoms with Crippen molar-refractivity contribution >= 4 is 23.3 Å². The van der Waals surface area contributed by atoms with Crippen LogP contribution in [0, 0.1) is 12.7 Å². The second-order valence-corrected chi connectivity index (χ2v) is 7.68. The summed E-state index contributed by atoms with van der Waals surface area (Å²) in [6.07, 6.45) is 2.94. The average Bonchev–Trinajstić information content (AvgIpc) is 3.44. The van der Waals surface area contributed by atoms with E-state index in [2.05, 4.69) is 20.9 Å². The Morgan fingerprint density at radius 1 is 1.03 bits per heavy atom. The third kappa shape index (κ3) is 3.94. The molecule has 5 rings (SSSR count). The third-order valence-corrected chi connectivity index (χ3v) is 5.42. The highest BCUT2D eigenvalue weighted by molar-refractivity contribution is 6.06. The first-order valence-corrected chi connectivity index (χ1v) is 10.3. The van der Waals surface area contributed by atoms with Gasteiger partial charge < -0.3 is 20.4 Å². The summed E-state index contributed by atoms with van der Waals surface area (Å²) in [5.74, 6) is -0.449. The summed E-state index contributed by atoms with van der Waals surface area (Å²) in [4.78, 5) is 28.9. The highest BCUT2D eigenvalue weighted by Gasteiger charge is 2.28. The summed E-state index contributed by atoms with van der Waals surface area (Å²) < 4.78 is 20.5. The van der Waals surface area contributed by atoms with E-state index in [0.717, 1.165) is 5.56 Å². The topological polar surface area (TPSA) is 96.3 Å². The van der Waals surface area contributed by atoms with Gasteiger partial charge in [0.25, 0.3) is 5.91 Å². The van der Waals surface area contributed by atoms with E-state index in [1.807, 2.05) is 25.1 Å². The van der Waals surface area contributed by atoms with Crippen molar-refractivity contribution in [2.24, 2.45) is 0 Å². The average molecular weight is 442 g/mol. The number of carbonyl (C=O) groups excluding carboxylic acids is 2. The van der Waals surface area contributed by atoms with Crippen LogP contribution in [0.4, 0.5) is 20.6 Å². The van der Waals surface area contributed by atoms with E-state index in [-0.39, 0.29) is 12.5 Å². The molecule has 0 bridgehead atoms. The fourth-order valence-corrected chi connectivity index (χ4v) is 3.96. The van der Waals surface area contributed by atoms with E-state index in [4.69, 9.17) is 4.42 Å². The number of fused-ring (bicyclic) bond motifs is 1. The van der Waals surface area contributed by atoms with Gasteiger partial charge in [-0.1, -0.05) is 18.2 Å². The summed E-state index contributed by atoms with van der Waals surface area (Å²) in [5, 5.41) is 8.15. The number of nitrogens with zero attached hydrogens (tertiary/aromatic N) is 1. The summed E-state index contributed by atoms with van der Waals surface area (Å²) in [7, 11) is 0. The highest BCUT2D eigenvalue weighted by Crippen LogP contribution is 2.37. The predicted molar refractivity (Wildman–Crippen MR) is 122 cm³/mol. The molecule has 1 aliphatic heterocycles. The molecule has 2 heterocycles. The molecule has 3 N–H and O–H groups in total. The van der Waals surface area contributed by atoms with Gasteiger partial charge in [0.05, 0.1) is 17.3 Å². The number of hydrogen-bond donors (Lipinski definition) is 3. The maximum absolute atomic E-state index is 15.1. The molecule has 0 aliphatic carbocycles. The number of hydrogen-bond acceptors (Lipinski definition) is 4. The molecular formula is C25H19FN4O3. The molecule has 1 aliphatic rings. The van der Waals surface area contributed by atoms with Crippen molar-refractivity contribution in [1.82, 2.24) is 10.3 Å². The van der Waals surface area contributed by atoms with E-state index in [9.17, 15) is 9.59 Å². The largest absolute Gasteiger partial charge is 0.445 e. The van der Waals surface area contributed by atoms with E-state index in [1.165, 1.54) is 18.5 Å². The molecule has 7 nitrogen and oxygen atoms in total. The first-order valence-electron chi connectivity index (χ1n) is 10.3. The lowest BCUT2D eigenvalue weighted by Gasteiger charge is -2.13. The Labute approximate surface area is 188 Å². The highest BCUT2D eigenvalue weighted by atomic mass is 19.1. The molecular weight excluding hydrogens is 423 g/mol. The Bertz CT molecular complexity index is 1380. The molecule has 0 radical (unpaired) electrons. The number of aryl methyl sites for hydroxylation is 1. The fraction of sp³-hybridized carbons (Fsp3) is 0.0800. The molecule has 0 atom stereocenters. The number of urea groups is 1. The zero-order chi connectivity index (χ0) is 22.9. The Balaban J connectivity index is 1.42. The first kappa shape index (κ1) is 20.4. The summed E-state index contributed by atoms with van der Waals surface area (Å²) in [6.45, 7) is 2.20. The van der Waals surface area contributed by atoms with E-state index in [1.54, 1.807) is 30.3 Å². The molecule has 0 saturated carbocycles. The number of carbonyl (C=O) groups is 2. The van der Waals surface area contributed by atoms with Gasteiger partial charge in [0, 0.05) is 23.5 Å². The minimum Gasteiger partial charge on any atom is -0.445 e. The van der Waals surface area contributed by atoms with Crippen LogP contribution in [0.1, 0.15) is 21.5 Å². The van der Waals surface area contributed by atoms with Crippen LogP contribution in [-0.2, 0) is 6.54 Å². The van der Waals surface area contributed by atoms with Gasteiger partial charge in [0.1, 0.15) is 12.1 Å². The van der Waals surface area contributed by atoms with Gasteiger partial charge in [-0.15, -0.1) is 0 Å². The standard InChI is InChI=1S/C25H19FN4O3/c1-14-3-2-4-15(11-14)29-25(32)30-16-5-6-18(21(26)12-16)17-7-8-19(24-27-9-10-33-24)22-20(17)13-28-23(22)31/h2-12H,13H2,1H3,(H,28,31)(H2,29,30,32). The molecule has 0 unspecified atom stereocenters. The van der Waals surface area contributed by atoms with Crippen molar-refractivity contribution < 1.29 is 18.4 Å². The van der Waals surface area contributed by atoms with Crippen LogP contribution in [0.3, 0.4) is 0 Å².